The van der Waals surface area contributed by atoms with E-state index in [1.807, 2.05) is 0 Å². The second kappa shape index (κ2) is 7.13. The van der Waals surface area contributed by atoms with Gasteiger partial charge in [0, 0.05) is 18.5 Å². The Morgan fingerprint density at radius 2 is 1.81 bits per heavy atom. The van der Waals surface area contributed by atoms with Gasteiger partial charge in [-0.15, -0.1) is 0 Å². The van der Waals surface area contributed by atoms with Gasteiger partial charge in [-0.2, -0.15) is 0 Å². The number of fused-ring (bicyclic) bond motifs is 1. The van der Waals surface area contributed by atoms with E-state index in [4.69, 9.17) is 5.73 Å². The van der Waals surface area contributed by atoms with E-state index < -0.39 is 0 Å². The van der Waals surface area contributed by atoms with Crippen LogP contribution in [0.3, 0.4) is 0 Å². The monoisotopic (exact) mass is 294 g/mol. The van der Waals surface area contributed by atoms with E-state index in [-0.39, 0.29) is 23.3 Å². The van der Waals surface area contributed by atoms with Crippen LogP contribution in [0, 0.1) is 23.2 Å². The summed E-state index contributed by atoms with van der Waals surface area (Å²) in [7, 11) is 0. The first-order valence-electron chi connectivity index (χ1n) is 8.88. The van der Waals surface area contributed by atoms with Crippen LogP contribution in [-0.4, -0.2) is 18.5 Å². The average molecular weight is 294 g/mol. The molecule has 4 atom stereocenters. The van der Waals surface area contributed by atoms with Crippen molar-refractivity contribution in [2.75, 3.05) is 6.54 Å². The van der Waals surface area contributed by atoms with Crippen LogP contribution in [0.1, 0.15) is 72.1 Å². The fourth-order valence-corrected chi connectivity index (χ4v) is 4.35. The molecule has 0 aromatic rings. The molecular formula is C18H34N2O. The third-order valence-corrected chi connectivity index (χ3v) is 5.32. The SMILES string of the molecule is CC(C)(C)CC(N)CNC(=O)C1CCC2CCCCC2C1. The topological polar surface area (TPSA) is 55.1 Å². The summed E-state index contributed by atoms with van der Waals surface area (Å²) in [6.45, 7) is 7.21. The van der Waals surface area contributed by atoms with Crippen LogP contribution in [0.5, 0.6) is 0 Å². The van der Waals surface area contributed by atoms with Gasteiger partial charge in [0.15, 0.2) is 0 Å². The smallest absolute Gasteiger partial charge is 0.223 e. The molecule has 2 saturated carbocycles. The second-order valence-electron chi connectivity index (χ2n) is 8.58. The van der Waals surface area contributed by atoms with Gasteiger partial charge in [0.1, 0.15) is 0 Å². The summed E-state index contributed by atoms with van der Waals surface area (Å²) in [5, 5.41) is 3.11. The molecule has 2 fully saturated rings. The lowest BCUT2D eigenvalue weighted by Crippen LogP contribution is -2.43. The van der Waals surface area contributed by atoms with Gasteiger partial charge in [0.2, 0.25) is 5.91 Å². The van der Waals surface area contributed by atoms with Crippen molar-refractivity contribution in [3.05, 3.63) is 0 Å². The van der Waals surface area contributed by atoms with Gasteiger partial charge in [-0.1, -0.05) is 46.5 Å². The summed E-state index contributed by atoms with van der Waals surface area (Å²) in [6, 6.07) is 0.0694. The highest BCUT2D eigenvalue weighted by molar-refractivity contribution is 5.78. The molecule has 0 bridgehead atoms. The maximum atomic E-state index is 12.4. The van der Waals surface area contributed by atoms with E-state index in [0.717, 1.165) is 31.1 Å². The zero-order valence-electron chi connectivity index (χ0n) is 14.2. The molecule has 21 heavy (non-hydrogen) atoms. The highest BCUT2D eigenvalue weighted by atomic mass is 16.1. The Labute approximate surface area is 130 Å². The van der Waals surface area contributed by atoms with Crippen LogP contribution in [0.4, 0.5) is 0 Å². The molecule has 0 aromatic heterocycles. The Balaban J connectivity index is 1.73. The zero-order valence-corrected chi connectivity index (χ0v) is 14.2. The molecule has 4 unspecified atom stereocenters. The zero-order chi connectivity index (χ0) is 15.5. The number of nitrogens with two attached hydrogens (primary N) is 1. The molecule has 0 saturated heterocycles. The number of amides is 1. The van der Waals surface area contributed by atoms with Crippen molar-refractivity contribution in [3.63, 3.8) is 0 Å². The Bertz CT molecular complexity index is 348. The van der Waals surface area contributed by atoms with Gasteiger partial charge < -0.3 is 11.1 Å². The van der Waals surface area contributed by atoms with E-state index in [1.54, 1.807) is 0 Å². The largest absolute Gasteiger partial charge is 0.354 e. The maximum Gasteiger partial charge on any atom is 0.223 e. The van der Waals surface area contributed by atoms with Crippen LogP contribution in [0.25, 0.3) is 0 Å². The van der Waals surface area contributed by atoms with Gasteiger partial charge in [0.25, 0.3) is 0 Å². The first kappa shape index (κ1) is 16.8. The van der Waals surface area contributed by atoms with Gasteiger partial charge in [-0.3, -0.25) is 4.79 Å². The Morgan fingerprint density at radius 1 is 1.14 bits per heavy atom. The lowest BCUT2D eigenvalue weighted by Gasteiger charge is -2.38. The van der Waals surface area contributed by atoms with Crippen molar-refractivity contribution in [1.82, 2.24) is 5.32 Å². The average Bonchev–Trinajstić information content (AvgIpc) is 2.42. The fraction of sp³-hybridized carbons (Fsp3) is 0.944. The highest BCUT2D eigenvalue weighted by Crippen LogP contribution is 2.42. The molecule has 2 aliphatic carbocycles. The molecule has 0 heterocycles. The molecule has 1 amide bonds. The summed E-state index contributed by atoms with van der Waals surface area (Å²) in [4.78, 5) is 12.4. The summed E-state index contributed by atoms with van der Waals surface area (Å²) >= 11 is 0. The van der Waals surface area contributed by atoms with E-state index in [1.165, 1.54) is 32.1 Å². The number of hydrogen-bond donors (Lipinski definition) is 2. The van der Waals surface area contributed by atoms with Crippen molar-refractivity contribution >= 4 is 5.91 Å². The number of carbonyl (C=O) groups is 1. The third kappa shape index (κ3) is 5.28. The van der Waals surface area contributed by atoms with E-state index in [0.29, 0.717) is 6.54 Å². The van der Waals surface area contributed by atoms with Crippen LogP contribution >= 0.6 is 0 Å². The van der Waals surface area contributed by atoms with Crippen molar-refractivity contribution in [1.29, 1.82) is 0 Å². The van der Waals surface area contributed by atoms with Crippen LogP contribution in [0.2, 0.25) is 0 Å². The molecule has 2 rings (SSSR count). The van der Waals surface area contributed by atoms with E-state index in [9.17, 15) is 4.79 Å². The lowest BCUT2D eigenvalue weighted by atomic mass is 9.67. The molecule has 3 N–H and O–H groups in total. The summed E-state index contributed by atoms with van der Waals surface area (Å²) in [6.07, 6.45) is 9.92. The number of nitrogens with one attached hydrogen (secondary N) is 1. The third-order valence-electron chi connectivity index (χ3n) is 5.32. The van der Waals surface area contributed by atoms with Crippen molar-refractivity contribution < 1.29 is 4.79 Å². The summed E-state index contributed by atoms with van der Waals surface area (Å²) < 4.78 is 0. The van der Waals surface area contributed by atoms with Gasteiger partial charge >= 0.3 is 0 Å². The minimum atomic E-state index is 0.0694. The second-order valence-corrected chi connectivity index (χ2v) is 8.58. The van der Waals surface area contributed by atoms with Crippen LogP contribution in [0.15, 0.2) is 0 Å². The van der Waals surface area contributed by atoms with Crippen LogP contribution < -0.4 is 11.1 Å². The Kier molecular flexibility index (Phi) is 5.70. The van der Waals surface area contributed by atoms with Gasteiger partial charge in [-0.05, 0) is 42.9 Å². The molecule has 0 aliphatic heterocycles. The first-order valence-corrected chi connectivity index (χ1v) is 8.88. The molecule has 122 valence electrons. The number of carbonyl (C=O) groups excluding carboxylic acids is 1. The van der Waals surface area contributed by atoms with Gasteiger partial charge in [-0.25, -0.2) is 0 Å². The fourth-order valence-electron chi connectivity index (χ4n) is 4.35. The molecular weight excluding hydrogens is 260 g/mol. The molecule has 0 aromatic carbocycles. The quantitative estimate of drug-likeness (QED) is 0.834. The first-order chi connectivity index (χ1) is 9.85. The van der Waals surface area contributed by atoms with Crippen molar-refractivity contribution in [2.24, 2.45) is 28.9 Å². The van der Waals surface area contributed by atoms with Crippen LogP contribution in [-0.2, 0) is 4.79 Å². The molecule has 3 heteroatoms. The highest BCUT2D eigenvalue weighted by Gasteiger charge is 2.34. The molecule has 3 nitrogen and oxygen atoms in total. The molecule has 2 aliphatic rings. The maximum absolute atomic E-state index is 12.4. The molecule has 0 spiro atoms. The summed E-state index contributed by atoms with van der Waals surface area (Å²) in [5.74, 6) is 2.21. The summed E-state index contributed by atoms with van der Waals surface area (Å²) in [5.41, 5.74) is 6.36. The molecule has 0 radical (unpaired) electrons. The number of hydrogen-bond acceptors (Lipinski definition) is 2. The van der Waals surface area contributed by atoms with Crippen molar-refractivity contribution in [2.45, 2.75) is 78.2 Å². The van der Waals surface area contributed by atoms with Gasteiger partial charge in [0.05, 0.1) is 0 Å². The van der Waals surface area contributed by atoms with Crippen molar-refractivity contribution in [3.8, 4) is 0 Å². The lowest BCUT2D eigenvalue weighted by molar-refractivity contribution is -0.127. The standard InChI is InChI=1S/C18H34N2O/c1-18(2,3)11-16(19)12-20-17(21)15-9-8-13-6-4-5-7-14(13)10-15/h13-16H,4-12,19H2,1-3H3,(H,20,21). The number of rotatable bonds is 4. The van der Waals surface area contributed by atoms with E-state index in [2.05, 4.69) is 26.1 Å². The Morgan fingerprint density at radius 3 is 2.48 bits per heavy atom. The van der Waals surface area contributed by atoms with E-state index >= 15 is 0 Å². The minimum absolute atomic E-state index is 0.0694. The Hall–Kier alpha value is -0.570. The minimum Gasteiger partial charge on any atom is -0.354 e. The predicted molar refractivity (Wildman–Crippen MR) is 87.8 cm³/mol. The normalized spacial score (nSPS) is 31.3. The predicted octanol–water partition coefficient (Wildman–Crippen LogP) is 3.47.